The van der Waals surface area contributed by atoms with Crippen LogP contribution in [-0.4, -0.2) is 54.7 Å². The number of pyridine rings is 1. The highest BCUT2D eigenvalue weighted by Gasteiger charge is 2.32. The van der Waals surface area contributed by atoms with E-state index < -0.39 is 15.8 Å². The fourth-order valence-electron chi connectivity index (χ4n) is 4.04. The maximum absolute atomic E-state index is 13.5. The molecule has 8 heteroatoms. The molecule has 1 saturated heterocycles. The number of hydrogen-bond donors (Lipinski definition) is 0. The molecule has 0 spiro atoms. The van der Waals surface area contributed by atoms with Crippen LogP contribution in [0, 0.1) is 5.82 Å². The number of carbonyl (C=O) groups is 1. The number of benzene rings is 2. The number of nitrogens with zero attached hydrogens (tertiary/aromatic N) is 3. The van der Waals surface area contributed by atoms with E-state index in [0.717, 1.165) is 35.5 Å². The fourth-order valence-corrected chi connectivity index (χ4v) is 5.49. The minimum atomic E-state index is -3.80. The van der Waals surface area contributed by atoms with E-state index >= 15 is 0 Å². The lowest BCUT2D eigenvalue weighted by Gasteiger charge is -2.34. The van der Waals surface area contributed by atoms with E-state index in [2.05, 4.69) is 0 Å². The Labute approximate surface area is 180 Å². The summed E-state index contributed by atoms with van der Waals surface area (Å²) in [5.41, 5.74) is 2.38. The Kier molecular flexibility index (Phi) is 4.98. The van der Waals surface area contributed by atoms with E-state index in [1.807, 2.05) is 30.3 Å². The van der Waals surface area contributed by atoms with Crippen molar-refractivity contribution in [2.75, 3.05) is 26.2 Å². The lowest BCUT2D eigenvalue weighted by atomic mass is 10.0. The Balaban J connectivity index is 1.37. The molecule has 1 aliphatic carbocycles. The summed E-state index contributed by atoms with van der Waals surface area (Å²) in [6.45, 7) is 0.901. The molecule has 0 radical (unpaired) electrons. The van der Waals surface area contributed by atoms with Gasteiger partial charge in [-0.15, -0.1) is 0 Å². The van der Waals surface area contributed by atoms with Crippen molar-refractivity contribution in [1.82, 2.24) is 14.2 Å². The van der Waals surface area contributed by atoms with Gasteiger partial charge in [0.05, 0.1) is 16.0 Å². The van der Waals surface area contributed by atoms with E-state index in [-0.39, 0.29) is 37.0 Å². The predicted octanol–water partition coefficient (Wildman–Crippen LogP) is 3.40. The highest BCUT2D eigenvalue weighted by atomic mass is 32.2. The number of halogens is 1. The van der Waals surface area contributed by atoms with Crippen molar-refractivity contribution in [2.45, 2.75) is 23.7 Å². The van der Waals surface area contributed by atoms with E-state index in [1.165, 1.54) is 22.5 Å². The van der Waals surface area contributed by atoms with Gasteiger partial charge in [-0.25, -0.2) is 12.8 Å². The zero-order chi connectivity index (χ0) is 21.6. The third-order valence-corrected chi connectivity index (χ3v) is 7.82. The molecule has 2 fully saturated rings. The highest BCUT2D eigenvalue weighted by Crippen LogP contribution is 2.40. The minimum absolute atomic E-state index is 0.0681. The minimum Gasteiger partial charge on any atom is -0.336 e. The Morgan fingerprint density at radius 1 is 0.968 bits per heavy atom. The van der Waals surface area contributed by atoms with Crippen molar-refractivity contribution in [3.05, 3.63) is 71.7 Å². The highest BCUT2D eigenvalue weighted by molar-refractivity contribution is 7.89. The van der Waals surface area contributed by atoms with Crippen molar-refractivity contribution < 1.29 is 17.6 Å². The summed E-state index contributed by atoms with van der Waals surface area (Å²) in [7, 11) is -3.80. The second-order valence-electron chi connectivity index (χ2n) is 8.04. The molecule has 0 N–H and O–H groups in total. The SMILES string of the molecule is O=C(c1cc(C2CC2)nc2ccccc12)N1CCN(S(=O)(=O)c2cccc(F)c2)CC1. The molecule has 3 aromatic rings. The summed E-state index contributed by atoms with van der Waals surface area (Å²) >= 11 is 0. The molecule has 0 atom stereocenters. The maximum Gasteiger partial charge on any atom is 0.254 e. The number of aromatic nitrogens is 1. The molecular formula is C23H22FN3O3S. The normalized spacial score (nSPS) is 17.8. The van der Waals surface area contributed by atoms with Crippen LogP contribution in [0.2, 0.25) is 0 Å². The third-order valence-electron chi connectivity index (χ3n) is 5.92. The first-order valence-corrected chi connectivity index (χ1v) is 11.8. The Hall–Kier alpha value is -2.84. The summed E-state index contributed by atoms with van der Waals surface area (Å²) in [5, 5.41) is 0.812. The standard InChI is InChI=1S/C23H22FN3O3S/c24-17-4-3-5-18(14-17)31(29,30)27-12-10-26(11-13-27)23(28)20-15-22(16-8-9-16)25-21-7-2-1-6-19(20)21/h1-7,14-16H,8-13H2. The number of amides is 1. The molecule has 2 aliphatic rings. The Morgan fingerprint density at radius 2 is 1.71 bits per heavy atom. The van der Waals surface area contributed by atoms with Crippen LogP contribution < -0.4 is 0 Å². The number of piperazine rings is 1. The average molecular weight is 440 g/mol. The quantitative estimate of drug-likeness (QED) is 0.625. The molecule has 0 unspecified atom stereocenters. The van der Waals surface area contributed by atoms with Gasteiger partial charge in [0.2, 0.25) is 10.0 Å². The van der Waals surface area contributed by atoms with Gasteiger partial charge in [0.1, 0.15) is 5.82 Å². The number of rotatable bonds is 4. The molecule has 2 aromatic carbocycles. The molecule has 1 aliphatic heterocycles. The van der Waals surface area contributed by atoms with Crippen LogP contribution in [0.1, 0.15) is 34.8 Å². The maximum atomic E-state index is 13.5. The topological polar surface area (TPSA) is 70.6 Å². The first kappa shape index (κ1) is 20.1. The van der Waals surface area contributed by atoms with Crippen LogP contribution in [0.15, 0.2) is 59.5 Å². The van der Waals surface area contributed by atoms with Crippen molar-refractivity contribution in [3.8, 4) is 0 Å². The first-order chi connectivity index (χ1) is 14.9. The second kappa shape index (κ2) is 7.69. The lowest BCUT2D eigenvalue weighted by Crippen LogP contribution is -2.50. The number of sulfonamides is 1. The molecule has 0 bridgehead atoms. The second-order valence-corrected chi connectivity index (χ2v) is 9.98. The molecular weight excluding hydrogens is 417 g/mol. The number of carbonyl (C=O) groups excluding carboxylic acids is 1. The van der Waals surface area contributed by atoms with Crippen LogP contribution in [0.25, 0.3) is 10.9 Å². The summed E-state index contributed by atoms with van der Waals surface area (Å²) in [6, 6.07) is 14.5. The molecule has 2 heterocycles. The smallest absolute Gasteiger partial charge is 0.254 e. The third kappa shape index (κ3) is 3.81. The van der Waals surface area contributed by atoms with Gasteiger partial charge in [0, 0.05) is 43.2 Å². The zero-order valence-corrected chi connectivity index (χ0v) is 17.7. The van der Waals surface area contributed by atoms with E-state index in [9.17, 15) is 17.6 Å². The van der Waals surface area contributed by atoms with Gasteiger partial charge in [-0.2, -0.15) is 4.31 Å². The summed E-state index contributed by atoms with van der Waals surface area (Å²) in [5.74, 6) is -0.279. The summed E-state index contributed by atoms with van der Waals surface area (Å²) in [4.78, 5) is 19.7. The van der Waals surface area contributed by atoms with E-state index in [1.54, 1.807) is 4.90 Å². The van der Waals surface area contributed by atoms with Gasteiger partial charge >= 0.3 is 0 Å². The molecule has 5 rings (SSSR count). The lowest BCUT2D eigenvalue weighted by molar-refractivity contribution is 0.0699. The average Bonchev–Trinajstić information content (AvgIpc) is 3.63. The molecule has 1 saturated carbocycles. The van der Waals surface area contributed by atoms with Crippen molar-refractivity contribution in [2.24, 2.45) is 0 Å². The monoisotopic (exact) mass is 439 g/mol. The molecule has 160 valence electrons. The predicted molar refractivity (Wildman–Crippen MR) is 115 cm³/mol. The van der Waals surface area contributed by atoms with Gasteiger partial charge in [0.15, 0.2) is 0 Å². The Morgan fingerprint density at radius 3 is 2.42 bits per heavy atom. The molecule has 1 amide bonds. The fraction of sp³-hybridized carbons (Fsp3) is 0.304. The van der Waals surface area contributed by atoms with Crippen LogP contribution in [-0.2, 0) is 10.0 Å². The van der Waals surface area contributed by atoms with E-state index in [0.29, 0.717) is 11.5 Å². The zero-order valence-electron chi connectivity index (χ0n) is 16.9. The number of hydrogen-bond acceptors (Lipinski definition) is 4. The van der Waals surface area contributed by atoms with Gasteiger partial charge in [-0.05, 0) is 43.2 Å². The molecule has 31 heavy (non-hydrogen) atoms. The molecule has 1 aromatic heterocycles. The van der Waals surface area contributed by atoms with Crippen LogP contribution in [0.5, 0.6) is 0 Å². The van der Waals surface area contributed by atoms with Crippen LogP contribution in [0.3, 0.4) is 0 Å². The van der Waals surface area contributed by atoms with Crippen LogP contribution in [0.4, 0.5) is 4.39 Å². The number of fused-ring (bicyclic) bond motifs is 1. The van der Waals surface area contributed by atoms with Gasteiger partial charge in [0.25, 0.3) is 5.91 Å². The Bertz CT molecular complexity index is 1270. The number of para-hydroxylation sites is 1. The van der Waals surface area contributed by atoms with Crippen LogP contribution >= 0.6 is 0 Å². The van der Waals surface area contributed by atoms with Crippen molar-refractivity contribution >= 4 is 26.8 Å². The largest absolute Gasteiger partial charge is 0.336 e. The van der Waals surface area contributed by atoms with Gasteiger partial charge in [-0.1, -0.05) is 24.3 Å². The van der Waals surface area contributed by atoms with Crippen molar-refractivity contribution in [1.29, 1.82) is 0 Å². The summed E-state index contributed by atoms with van der Waals surface area (Å²) in [6.07, 6.45) is 2.19. The van der Waals surface area contributed by atoms with Gasteiger partial charge < -0.3 is 4.90 Å². The van der Waals surface area contributed by atoms with Crippen molar-refractivity contribution in [3.63, 3.8) is 0 Å². The van der Waals surface area contributed by atoms with Gasteiger partial charge in [-0.3, -0.25) is 9.78 Å². The molecule has 6 nitrogen and oxygen atoms in total. The summed E-state index contributed by atoms with van der Waals surface area (Å²) < 4.78 is 40.5. The first-order valence-electron chi connectivity index (χ1n) is 10.4. The van der Waals surface area contributed by atoms with E-state index in [4.69, 9.17) is 4.98 Å².